The Morgan fingerprint density at radius 3 is 1.84 bits per heavy atom. The van der Waals surface area contributed by atoms with E-state index in [1.807, 2.05) is 72.8 Å². The summed E-state index contributed by atoms with van der Waals surface area (Å²) >= 11 is -0.556. The van der Waals surface area contributed by atoms with Gasteiger partial charge in [-0.1, -0.05) is 69.2 Å². The summed E-state index contributed by atoms with van der Waals surface area (Å²) in [6.07, 6.45) is 0. The molecule has 156 valence electrons. The van der Waals surface area contributed by atoms with E-state index in [2.05, 4.69) is 0 Å². The summed E-state index contributed by atoms with van der Waals surface area (Å²) in [5.74, 6) is -1.10. The Labute approximate surface area is 198 Å². The number of phenolic OH excluding ortho intramolecular Hbond substituents is 1. The van der Waals surface area contributed by atoms with Crippen molar-refractivity contribution >= 4 is 37.8 Å². The van der Waals surface area contributed by atoms with Crippen LogP contribution in [0.15, 0.2) is 91.0 Å². The van der Waals surface area contributed by atoms with Crippen LogP contribution >= 0.6 is 27.2 Å². The first-order valence-electron chi connectivity index (χ1n) is 9.19. The summed E-state index contributed by atoms with van der Waals surface area (Å²) in [5.41, 5.74) is 3.50. The van der Waals surface area contributed by atoms with Crippen molar-refractivity contribution in [2.45, 2.75) is 0 Å². The summed E-state index contributed by atoms with van der Waals surface area (Å²) in [4.78, 5) is 0. The monoisotopic (exact) mass is 508 g/mol. The van der Waals surface area contributed by atoms with Gasteiger partial charge in [0.05, 0.1) is 0 Å². The molecule has 4 aromatic rings. The van der Waals surface area contributed by atoms with Crippen molar-refractivity contribution in [2.24, 2.45) is 0 Å². The summed E-state index contributed by atoms with van der Waals surface area (Å²) in [6, 6.07) is 26.8. The molecule has 0 bridgehead atoms. The molecule has 0 amide bonds. The van der Waals surface area contributed by atoms with E-state index in [1.54, 1.807) is 0 Å². The zero-order valence-electron chi connectivity index (χ0n) is 16.1. The second kappa shape index (κ2) is 11.8. The van der Waals surface area contributed by atoms with Gasteiger partial charge in [-0.2, -0.15) is 0 Å². The molecule has 1 nitrogen and oxygen atoms in total. The fourth-order valence-corrected chi connectivity index (χ4v) is 4.23. The van der Waals surface area contributed by atoms with Crippen LogP contribution in [-0.2, 0) is 17.0 Å². The average Bonchev–Trinajstić information content (AvgIpc) is 2.78. The maximum atomic E-state index is 14.2. The fourth-order valence-electron chi connectivity index (χ4n) is 3.10. The Bertz CT molecular complexity index is 1150. The first-order valence-corrected chi connectivity index (χ1v) is 14.5. The molecule has 7 heteroatoms. The zero-order valence-corrected chi connectivity index (χ0v) is 20.2. The normalized spacial score (nSPS) is 10.6. The molecule has 1 atom stereocenters. The third-order valence-corrected chi connectivity index (χ3v) is 5.83. The number of hydrogen-bond acceptors (Lipinski definition) is 1. The van der Waals surface area contributed by atoms with Gasteiger partial charge in [0.25, 0.3) is 0 Å². The minimum absolute atomic E-state index is 0.118. The molecular formula is C24H17Cl2F2OPTi. The molecule has 1 N–H and O–H groups in total. The van der Waals surface area contributed by atoms with E-state index in [1.165, 1.54) is 12.1 Å². The van der Waals surface area contributed by atoms with Crippen LogP contribution in [0.25, 0.3) is 22.3 Å². The molecule has 0 aliphatic rings. The number of benzene rings is 4. The molecule has 0 aliphatic carbocycles. The van der Waals surface area contributed by atoms with Gasteiger partial charge in [0.2, 0.25) is 0 Å². The molecule has 0 saturated carbocycles. The molecule has 0 radical (unpaired) electrons. The Morgan fingerprint density at radius 1 is 0.677 bits per heavy atom. The van der Waals surface area contributed by atoms with Gasteiger partial charge in [-0.15, -0.1) is 0 Å². The van der Waals surface area contributed by atoms with Crippen LogP contribution in [0, 0.1) is 11.6 Å². The van der Waals surface area contributed by atoms with Crippen molar-refractivity contribution in [3.05, 3.63) is 103 Å². The fraction of sp³-hybridized carbons (Fsp3) is 0. The van der Waals surface area contributed by atoms with Crippen LogP contribution < -0.4 is 10.6 Å². The number of rotatable bonds is 4. The van der Waals surface area contributed by atoms with Gasteiger partial charge in [-0.05, 0) is 41.0 Å². The Balaban J connectivity index is 0.000000858. The predicted octanol–water partition coefficient (Wildman–Crippen LogP) is 7.01. The minimum atomic E-state index is -0.613. The van der Waals surface area contributed by atoms with Gasteiger partial charge in [-0.3, -0.25) is 0 Å². The first-order chi connectivity index (χ1) is 15.0. The molecule has 4 aromatic carbocycles. The van der Waals surface area contributed by atoms with E-state index >= 15 is 0 Å². The van der Waals surface area contributed by atoms with Gasteiger partial charge in [0.1, 0.15) is 17.4 Å². The SMILES string of the molecule is Oc1c(Pc2ccc(F)cc2F)cc(-c2ccccc2)cc1-c1ccccc1.[Cl][Ti][Cl]. The van der Waals surface area contributed by atoms with Crippen molar-refractivity contribution in [1.29, 1.82) is 0 Å². The van der Waals surface area contributed by atoms with Crippen molar-refractivity contribution < 1.29 is 30.9 Å². The first kappa shape index (κ1) is 23.9. The van der Waals surface area contributed by atoms with Crippen LogP contribution in [0.3, 0.4) is 0 Å². The van der Waals surface area contributed by atoms with Gasteiger partial charge >= 0.3 is 35.6 Å². The Kier molecular flexibility index (Phi) is 9.07. The van der Waals surface area contributed by atoms with Crippen LogP contribution in [0.5, 0.6) is 5.75 Å². The molecule has 0 heterocycles. The Morgan fingerprint density at radius 2 is 1.26 bits per heavy atom. The topological polar surface area (TPSA) is 20.2 Å². The third kappa shape index (κ3) is 6.38. The summed E-state index contributed by atoms with van der Waals surface area (Å²) < 4.78 is 27.5. The van der Waals surface area contributed by atoms with Crippen molar-refractivity contribution in [1.82, 2.24) is 0 Å². The molecule has 31 heavy (non-hydrogen) atoms. The molecule has 4 rings (SSSR count). The van der Waals surface area contributed by atoms with E-state index in [0.29, 0.717) is 16.2 Å². The summed E-state index contributed by atoms with van der Waals surface area (Å²) in [5, 5.41) is 11.9. The number of phenols is 1. The quantitative estimate of drug-likeness (QED) is 0.232. The predicted molar refractivity (Wildman–Crippen MR) is 125 cm³/mol. The molecule has 1 unspecified atom stereocenters. The molecule has 0 fully saturated rings. The summed E-state index contributed by atoms with van der Waals surface area (Å²) in [7, 11) is 9.64. The van der Waals surface area contributed by atoms with E-state index in [0.717, 1.165) is 22.8 Å². The van der Waals surface area contributed by atoms with Crippen molar-refractivity contribution in [3.63, 3.8) is 0 Å². The number of halogens is 4. The van der Waals surface area contributed by atoms with Crippen LogP contribution in [-0.4, -0.2) is 5.11 Å². The molecule has 0 spiro atoms. The van der Waals surface area contributed by atoms with Gasteiger partial charge < -0.3 is 5.11 Å². The molecule has 0 saturated heterocycles. The standard InChI is InChI=1S/C24H17F2OP.2ClH.Ti/c25-19-11-12-22(21(26)15-19)28-23-14-18(16-7-3-1-4-8-16)13-20(24(23)27)17-9-5-2-6-10-17;;;/h1-15,27-28H;2*1H;/q;;;+2/p-2. The zero-order chi connectivity index (χ0) is 22.2. The molecular weight excluding hydrogens is 492 g/mol. The van der Waals surface area contributed by atoms with Gasteiger partial charge in [-0.25, -0.2) is 8.78 Å². The second-order valence-electron chi connectivity index (χ2n) is 6.47. The van der Waals surface area contributed by atoms with Gasteiger partial charge in [0.15, 0.2) is 0 Å². The Hall–Kier alpha value is -1.74. The van der Waals surface area contributed by atoms with Crippen LogP contribution in [0.1, 0.15) is 0 Å². The van der Waals surface area contributed by atoms with E-state index in [9.17, 15) is 13.9 Å². The summed E-state index contributed by atoms with van der Waals surface area (Å²) in [6.45, 7) is 0. The molecule has 0 aromatic heterocycles. The molecule has 0 aliphatic heterocycles. The van der Waals surface area contributed by atoms with E-state index in [-0.39, 0.29) is 14.3 Å². The van der Waals surface area contributed by atoms with Gasteiger partial charge in [0, 0.05) is 22.2 Å². The van der Waals surface area contributed by atoms with Crippen molar-refractivity contribution in [3.8, 4) is 28.0 Å². The maximum absolute atomic E-state index is 14.2. The van der Waals surface area contributed by atoms with E-state index in [4.69, 9.17) is 18.6 Å². The second-order valence-corrected chi connectivity index (χ2v) is 10.4. The van der Waals surface area contributed by atoms with Crippen LogP contribution in [0.2, 0.25) is 0 Å². The number of hydrogen-bond donors (Lipinski definition) is 1. The van der Waals surface area contributed by atoms with Crippen LogP contribution in [0.4, 0.5) is 8.78 Å². The third-order valence-electron chi connectivity index (χ3n) is 4.50. The number of aromatic hydroxyl groups is 1. The van der Waals surface area contributed by atoms with Crippen molar-refractivity contribution in [2.75, 3.05) is 0 Å². The average molecular weight is 509 g/mol. The van der Waals surface area contributed by atoms with E-state index < -0.39 is 28.7 Å².